The van der Waals surface area contributed by atoms with Gasteiger partial charge in [-0.2, -0.15) is 0 Å². The van der Waals surface area contributed by atoms with Crippen molar-refractivity contribution in [3.8, 4) is 5.88 Å². The second-order valence-corrected chi connectivity index (χ2v) is 4.91. The number of amides is 1. The van der Waals surface area contributed by atoms with Gasteiger partial charge in [-0.15, -0.1) is 0 Å². The maximum atomic E-state index is 12.1. The van der Waals surface area contributed by atoms with Crippen LogP contribution in [-0.2, 0) is 16.1 Å². The third kappa shape index (κ3) is 4.68. The van der Waals surface area contributed by atoms with Crippen molar-refractivity contribution in [3.63, 3.8) is 0 Å². The summed E-state index contributed by atoms with van der Waals surface area (Å²) in [6.07, 6.45) is 1.30. The van der Waals surface area contributed by atoms with Crippen LogP contribution in [0.25, 0.3) is 0 Å². The van der Waals surface area contributed by atoms with E-state index in [1.165, 1.54) is 0 Å². The number of morpholine rings is 1. The van der Waals surface area contributed by atoms with Crippen LogP contribution in [0.5, 0.6) is 5.88 Å². The average Bonchev–Trinajstić information content (AvgIpc) is 2.53. The number of rotatable bonds is 6. The summed E-state index contributed by atoms with van der Waals surface area (Å²) in [4.78, 5) is 18.5. The van der Waals surface area contributed by atoms with E-state index in [9.17, 15) is 4.79 Å². The van der Waals surface area contributed by atoms with Crippen LogP contribution in [-0.4, -0.2) is 54.7 Å². The van der Waals surface area contributed by atoms with Crippen LogP contribution in [0.15, 0.2) is 18.3 Å². The number of aromatic nitrogens is 1. The minimum absolute atomic E-state index is 0.0667. The number of hydrogen-bond acceptors (Lipinski definition) is 5. The summed E-state index contributed by atoms with van der Waals surface area (Å²) >= 11 is 0. The molecule has 1 aliphatic heterocycles. The van der Waals surface area contributed by atoms with Crippen LogP contribution in [0.1, 0.15) is 19.4 Å². The van der Waals surface area contributed by atoms with Gasteiger partial charge in [0.25, 0.3) is 5.91 Å². The van der Waals surface area contributed by atoms with Crippen molar-refractivity contribution in [1.29, 1.82) is 0 Å². The molecule has 116 valence electrons. The Morgan fingerprint density at radius 1 is 1.57 bits per heavy atom. The molecule has 0 radical (unpaired) electrons. The molecule has 1 aromatic rings. The molecule has 0 aromatic carbocycles. The predicted octanol–water partition coefficient (Wildman–Crippen LogP) is 0.817. The smallest absolute Gasteiger partial charge is 0.250 e. The lowest BCUT2D eigenvalue weighted by Gasteiger charge is -2.31. The molecule has 21 heavy (non-hydrogen) atoms. The molecular formula is C15H23N3O3. The van der Waals surface area contributed by atoms with Crippen molar-refractivity contribution in [2.45, 2.75) is 26.5 Å². The third-order valence-corrected chi connectivity index (χ3v) is 3.45. The third-order valence-electron chi connectivity index (χ3n) is 3.45. The van der Waals surface area contributed by atoms with Gasteiger partial charge in [0.15, 0.2) is 0 Å². The second-order valence-electron chi connectivity index (χ2n) is 4.91. The first kappa shape index (κ1) is 15.7. The lowest BCUT2D eigenvalue weighted by atomic mass is 10.2. The van der Waals surface area contributed by atoms with Gasteiger partial charge in [0.2, 0.25) is 5.88 Å². The Kier molecular flexibility index (Phi) is 5.95. The van der Waals surface area contributed by atoms with E-state index >= 15 is 0 Å². The highest BCUT2D eigenvalue weighted by Gasteiger charge is 2.25. The van der Waals surface area contributed by atoms with Crippen LogP contribution >= 0.6 is 0 Å². The monoisotopic (exact) mass is 293 g/mol. The van der Waals surface area contributed by atoms with Crippen LogP contribution < -0.4 is 10.1 Å². The summed E-state index contributed by atoms with van der Waals surface area (Å²) in [5.74, 6) is 0.512. The van der Waals surface area contributed by atoms with E-state index in [4.69, 9.17) is 9.47 Å². The van der Waals surface area contributed by atoms with E-state index < -0.39 is 0 Å². The predicted molar refractivity (Wildman–Crippen MR) is 79.1 cm³/mol. The van der Waals surface area contributed by atoms with Crippen molar-refractivity contribution >= 4 is 5.91 Å². The molecular weight excluding hydrogens is 270 g/mol. The van der Waals surface area contributed by atoms with Crippen molar-refractivity contribution in [3.05, 3.63) is 23.9 Å². The summed E-state index contributed by atoms with van der Waals surface area (Å²) in [5, 5.41) is 2.91. The van der Waals surface area contributed by atoms with Crippen LogP contribution in [0.4, 0.5) is 0 Å². The molecule has 1 N–H and O–H groups in total. The zero-order valence-electron chi connectivity index (χ0n) is 12.7. The number of carbonyl (C=O) groups is 1. The van der Waals surface area contributed by atoms with Crippen molar-refractivity contribution in [1.82, 2.24) is 15.2 Å². The number of pyridine rings is 1. The van der Waals surface area contributed by atoms with E-state index in [2.05, 4.69) is 22.1 Å². The SMILES string of the molecule is CCOc1cc(CNC(=O)[C@H]2CN(CC)CCO2)ccn1. The standard InChI is InChI=1S/C15H23N3O3/c1-3-18-7-8-21-13(11-18)15(19)17-10-12-5-6-16-14(9-12)20-4-2/h5-6,9,13H,3-4,7-8,10-11H2,1-2H3,(H,17,19)/t13-/m1/s1. The zero-order chi connectivity index (χ0) is 15.1. The molecule has 0 bridgehead atoms. The zero-order valence-corrected chi connectivity index (χ0v) is 12.7. The summed E-state index contributed by atoms with van der Waals surface area (Å²) in [5.41, 5.74) is 0.963. The summed E-state index contributed by atoms with van der Waals surface area (Å²) in [6, 6.07) is 3.70. The van der Waals surface area contributed by atoms with E-state index in [0.717, 1.165) is 18.7 Å². The van der Waals surface area contributed by atoms with E-state index in [1.54, 1.807) is 6.20 Å². The molecule has 2 rings (SSSR count). The van der Waals surface area contributed by atoms with Gasteiger partial charge >= 0.3 is 0 Å². The number of nitrogens with zero attached hydrogens (tertiary/aromatic N) is 2. The largest absolute Gasteiger partial charge is 0.478 e. The van der Waals surface area contributed by atoms with Gasteiger partial charge in [-0.25, -0.2) is 4.98 Å². The highest BCUT2D eigenvalue weighted by Crippen LogP contribution is 2.10. The minimum Gasteiger partial charge on any atom is -0.478 e. The Morgan fingerprint density at radius 2 is 2.43 bits per heavy atom. The molecule has 1 aliphatic rings. The molecule has 1 atom stereocenters. The molecule has 1 aromatic heterocycles. The molecule has 1 amide bonds. The Balaban J connectivity index is 1.84. The average molecular weight is 293 g/mol. The first-order chi connectivity index (χ1) is 10.2. The Labute approximate surface area is 125 Å². The lowest BCUT2D eigenvalue weighted by molar-refractivity contribution is -0.138. The van der Waals surface area contributed by atoms with E-state index in [1.807, 2.05) is 19.1 Å². The van der Waals surface area contributed by atoms with Crippen LogP contribution in [0.2, 0.25) is 0 Å². The van der Waals surface area contributed by atoms with Crippen LogP contribution in [0, 0.1) is 0 Å². The fraction of sp³-hybridized carbons (Fsp3) is 0.600. The maximum Gasteiger partial charge on any atom is 0.250 e. The van der Waals surface area contributed by atoms with Crippen molar-refractivity contribution < 1.29 is 14.3 Å². The van der Waals surface area contributed by atoms with Gasteiger partial charge in [0, 0.05) is 31.9 Å². The number of likely N-dealkylation sites (N-methyl/N-ethyl adjacent to an activating group) is 1. The maximum absolute atomic E-state index is 12.1. The molecule has 0 spiro atoms. The number of ether oxygens (including phenoxy) is 2. The summed E-state index contributed by atoms with van der Waals surface area (Å²) < 4.78 is 10.9. The van der Waals surface area contributed by atoms with E-state index in [0.29, 0.717) is 32.2 Å². The normalized spacial score (nSPS) is 19.2. The number of nitrogens with one attached hydrogen (secondary N) is 1. The first-order valence-electron chi connectivity index (χ1n) is 7.42. The Hall–Kier alpha value is -1.66. The topological polar surface area (TPSA) is 63.7 Å². The molecule has 0 saturated carbocycles. The number of carbonyl (C=O) groups excluding carboxylic acids is 1. The fourth-order valence-electron chi connectivity index (χ4n) is 2.24. The van der Waals surface area contributed by atoms with E-state index in [-0.39, 0.29) is 12.0 Å². The van der Waals surface area contributed by atoms with Gasteiger partial charge in [0.1, 0.15) is 6.10 Å². The quantitative estimate of drug-likeness (QED) is 0.841. The second kappa shape index (κ2) is 7.95. The van der Waals surface area contributed by atoms with Crippen LogP contribution in [0.3, 0.4) is 0 Å². The Morgan fingerprint density at radius 3 is 3.19 bits per heavy atom. The minimum atomic E-state index is -0.383. The molecule has 1 fully saturated rings. The molecule has 0 aliphatic carbocycles. The highest BCUT2D eigenvalue weighted by atomic mass is 16.5. The molecule has 6 nitrogen and oxygen atoms in total. The summed E-state index contributed by atoms with van der Waals surface area (Å²) in [6.45, 7) is 8.12. The van der Waals surface area contributed by atoms with Crippen molar-refractivity contribution in [2.75, 3.05) is 32.8 Å². The van der Waals surface area contributed by atoms with Gasteiger partial charge in [-0.05, 0) is 25.1 Å². The first-order valence-corrected chi connectivity index (χ1v) is 7.42. The van der Waals surface area contributed by atoms with Gasteiger partial charge < -0.3 is 14.8 Å². The molecule has 6 heteroatoms. The fourth-order valence-corrected chi connectivity index (χ4v) is 2.24. The summed E-state index contributed by atoms with van der Waals surface area (Å²) in [7, 11) is 0. The molecule has 1 saturated heterocycles. The van der Waals surface area contributed by atoms with Gasteiger partial charge in [-0.3, -0.25) is 9.69 Å². The van der Waals surface area contributed by atoms with Crippen molar-refractivity contribution in [2.24, 2.45) is 0 Å². The lowest BCUT2D eigenvalue weighted by Crippen LogP contribution is -2.49. The highest BCUT2D eigenvalue weighted by molar-refractivity contribution is 5.81. The Bertz CT molecular complexity index is 467. The molecule has 0 unspecified atom stereocenters. The number of hydrogen-bond donors (Lipinski definition) is 1. The molecule has 2 heterocycles. The van der Waals surface area contributed by atoms with Gasteiger partial charge in [0.05, 0.1) is 13.2 Å². The van der Waals surface area contributed by atoms with Gasteiger partial charge in [-0.1, -0.05) is 6.92 Å².